The van der Waals surface area contributed by atoms with Gasteiger partial charge in [0.2, 0.25) is 0 Å². The number of benzene rings is 1. The summed E-state index contributed by atoms with van der Waals surface area (Å²) in [5.41, 5.74) is 2.11. The zero-order chi connectivity index (χ0) is 9.80. The Kier molecular flexibility index (Phi) is 2.64. The average molecular weight is 182 g/mol. The molecule has 0 spiro atoms. The average Bonchev–Trinajstić information content (AvgIpc) is 2.23. The van der Waals surface area contributed by atoms with Gasteiger partial charge in [-0.1, -0.05) is 0 Å². The molecule has 0 unspecified atom stereocenters. The Morgan fingerprint density at radius 1 is 1.00 bits per heavy atom. The molecule has 0 saturated carbocycles. The molecule has 0 amide bonds. The van der Waals surface area contributed by atoms with E-state index in [9.17, 15) is 0 Å². The first kappa shape index (κ1) is 9.01. The van der Waals surface area contributed by atoms with Crippen LogP contribution in [0.2, 0.25) is 0 Å². The van der Waals surface area contributed by atoms with E-state index in [0.29, 0.717) is 0 Å². The van der Waals surface area contributed by atoms with Crippen molar-refractivity contribution in [1.29, 1.82) is 0 Å². The summed E-state index contributed by atoms with van der Waals surface area (Å²) in [6.45, 7) is 4.01. The van der Waals surface area contributed by atoms with Crippen LogP contribution in [0.5, 0.6) is 11.4 Å². The van der Waals surface area contributed by atoms with Crippen molar-refractivity contribution in [3.05, 3.63) is 54.0 Å². The van der Waals surface area contributed by atoms with E-state index in [1.54, 1.807) is 0 Å². The van der Waals surface area contributed by atoms with E-state index in [-0.39, 0.29) is 0 Å². The zero-order valence-corrected chi connectivity index (χ0v) is 8.10. The van der Waals surface area contributed by atoms with Crippen molar-refractivity contribution in [1.82, 2.24) is 0 Å². The van der Waals surface area contributed by atoms with Gasteiger partial charge >= 0.3 is 84.0 Å². The Labute approximate surface area is 84.6 Å². The topological polar surface area (TPSA) is 9.23 Å². The van der Waals surface area contributed by atoms with Gasteiger partial charge in [-0.15, -0.1) is 0 Å². The minimum absolute atomic E-state index is 0.872. The summed E-state index contributed by atoms with van der Waals surface area (Å²) in [6, 6.07) is 13.9. The van der Waals surface area contributed by atoms with Crippen LogP contribution in [0.25, 0.3) is 0 Å². The SMILES string of the molecule is Cc1ccc(Oc2bcccc2)cc1. The van der Waals surface area contributed by atoms with Crippen LogP contribution in [0.4, 0.5) is 0 Å². The van der Waals surface area contributed by atoms with Gasteiger partial charge < -0.3 is 0 Å². The summed E-state index contributed by atoms with van der Waals surface area (Å²) in [5, 5.41) is 0. The Morgan fingerprint density at radius 3 is 2.43 bits per heavy atom. The molecule has 0 aliphatic carbocycles. The Balaban J connectivity index is 2.16. The molecule has 14 heavy (non-hydrogen) atoms. The fourth-order valence-corrected chi connectivity index (χ4v) is 1.23. The quantitative estimate of drug-likeness (QED) is 0.693. The number of rotatable bonds is 2. The van der Waals surface area contributed by atoms with Crippen molar-refractivity contribution >= 4 is 6.91 Å². The van der Waals surface area contributed by atoms with E-state index >= 15 is 0 Å². The van der Waals surface area contributed by atoms with Crippen LogP contribution < -0.4 is 4.74 Å². The molecular formula is C12H11BO. The van der Waals surface area contributed by atoms with E-state index in [2.05, 4.69) is 6.92 Å². The third-order valence-electron chi connectivity index (χ3n) is 2.00. The van der Waals surface area contributed by atoms with Crippen molar-refractivity contribution in [2.24, 2.45) is 0 Å². The Morgan fingerprint density at radius 2 is 1.79 bits per heavy atom. The Hall–Kier alpha value is -1.57. The number of ether oxygens (including phenoxy) is 1. The van der Waals surface area contributed by atoms with E-state index in [1.165, 1.54) is 5.56 Å². The summed E-state index contributed by atoms with van der Waals surface area (Å²) in [4.78, 5) is 0. The van der Waals surface area contributed by atoms with Crippen molar-refractivity contribution < 1.29 is 4.74 Å². The van der Waals surface area contributed by atoms with Gasteiger partial charge in [0.25, 0.3) is 0 Å². The molecular weight excluding hydrogens is 171 g/mol. The van der Waals surface area contributed by atoms with Crippen molar-refractivity contribution in [3.63, 3.8) is 0 Å². The first-order chi connectivity index (χ1) is 6.84. The summed E-state index contributed by atoms with van der Waals surface area (Å²) in [7, 11) is 0. The second kappa shape index (κ2) is 4.10. The van der Waals surface area contributed by atoms with Gasteiger partial charge in [-0.05, 0) is 0 Å². The van der Waals surface area contributed by atoms with Gasteiger partial charge in [-0.3, -0.25) is 0 Å². The van der Waals surface area contributed by atoms with E-state index in [1.807, 2.05) is 55.3 Å². The molecule has 0 aliphatic rings. The van der Waals surface area contributed by atoms with Crippen LogP contribution >= 0.6 is 0 Å². The van der Waals surface area contributed by atoms with E-state index < -0.39 is 0 Å². The van der Waals surface area contributed by atoms with E-state index in [4.69, 9.17) is 4.74 Å². The molecule has 2 aromatic rings. The van der Waals surface area contributed by atoms with Crippen LogP contribution in [0.1, 0.15) is 5.56 Å². The maximum absolute atomic E-state index is 5.63. The minimum atomic E-state index is 0.872. The number of hydrogen-bond donors (Lipinski definition) is 0. The summed E-state index contributed by atoms with van der Waals surface area (Å²) in [5.74, 6) is 2.84. The maximum atomic E-state index is 5.63. The first-order valence-corrected chi connectivity index (χ1v) is 4.64. The van der Waals surface area contributed by atoms with Crippen molar-refractivity contribution in [2.45, 2.75) is 6.92 Å². The number of hydrogen-bond acceptors (Lipinski definition) is 1. The van der Waals surface area contributed by atoms with Crippen LogP contribution in [0.3, 0.4) is 0 Å². The van der Waals surface area contributed by atoms with Crippen LogP contribution in [-0.4, -0.2) is 6.91 Å². The monoisotopic (exact) mass is 182 g/mol. The van der Waals surface area contributed by atoms with Crippen molar-refractivity contribution in [2.75, 3.05) is 0 Å². The predicted molar refractivity (Wildman–Crippen MR) is 59.0 cm³/mol. The molecule has 1 aromatic carbocycles. The molecule has 2 rings (SSSR count). The molecule has 0 radical (unpaired) electrons. The molecule has 0 fully saturated rings. The summed E-state index contributed by atoms with van der Waals surface area (Å²) < 4.78 is 5.63. The zero-order valence-electron chi connectivity index (χ0n) is 8.10. The van der Waals surface area contributed by atoms with Gasteiger partial charge in [0, 0.05) is 0 Å². The van der Waals surface area contributed by atoms with Gasteiger partial charge in [-0.25, -0.2) is 0 Å². The molecule has 1 heterocycles. The third kappa shape index (κ3) is 2.22. The van der Waals surface area contributed by atoms with E-state index in [0.717, 1.165) is 11.4 Å². The van der Waals surface area contributed by atoms with Gasteiger partial charge in [0.05, 0.1) is 0 Å². The summed E-state index contributed by atoms with van der Waals surface area (Å²) >= 11 is 0. The molecule has 0 N–H and O–H groups in total. The molecule has 68 valence electrons. The molecule has 0 atom stereocenters. The Bertz CT molecular complexity index is 394. The third-order valence-corrected chi connectivity index (χ3v) is 2.00. The van der Waals surface area contributed by atoms with Crippen LogP contribution in [0.15, 0.2) is 48.4 Å². The van der Waals surface area contributed by atoms with Crippen LogP contribution in [0, 0.1) is 6.92 Å². The molecule has 1 aromatic heterocycles. The first-order valence-electron chi connectivity index (χ1n) is 4.64. The molecule has 1 nitrogen and oxygen atoms in total. The standard InChI is InChI=1S/C12H11BO/c1-10-5-7-11(8-6-10)14-12-4-2-3-9-13-12/h2-9H,1H3. The van der Waals surface area contributed by atoms with Gasteiger partial charge in [0.15, 0.2) is 0 Å². The summed E-state index contributed by atoms with van der Waals surface area (Å²) in [6.07, 6.45) is 0. The second-order valence-electron chi connectivity index (χ2n) is 3.23. The molecule has 0 bridgehead atoms. The normalized spacial score (nSPS) is 9.50. The second-order valence-corrected chi connectivity index (χ2v) is 3.23. The van der Waals surface area contributed by atoms with Gasteiger partial charge in [-0.2, -0.15) is 0 Å². The van der Waals surface area contributed by atoms with Crippen LogP contribution in [-0.2, 0) is 0 Å². The number of aryl methyl sites for hydroxylation is 1. The molecule has 0 saturated heterocycles. The van der Waals surface area contributed by atoms with Crippen molar-refractivity contribution in [3.8, 4) is 11.4 Å². The predicted octanol–water partition coefficient (Wildman–Crippen LogP) is 3.13. The van der Waals surface area contributed by atoms with Gasteiger partial charge in [0.1, 0.15) is 0 Å². The molecule has 0 aliphatic heterocycles. The fraction of sp³-hybridized carbons (Fsp3) is 0.0833. The molecule has 2 heteroatoms. The fourth-order valence-electron chi connectivity index (χ4n) is 1.23.